The molecule has 3 aliphatic rings. The molecule has 1 saturated carbocycles. The molecule has 2 atom stereocenters. The van der Waals surface area contributed by atoms with Crippen LogP contribution in [0.2, 0.25) is 0 Å². The van der Waals surface area contributed by atoms with E-state index in [9.17, 15) is 4.79 Å². The van der Waals surface area contributed by atoms with Crippen LogP contribution in [0.25, 0.3) is 5.65 Å². The number of pyridine rings is 1. The third-order valence-electron chi connectivity index (χ3n) is 6.05. The van der Waals surface area contributed by atoms with Crippen LogP contribution < -0.4 is 0 Å². The molecule has 2 saturated heterocycles. The first-order valence-electron chi connectivity index (χ1n) is 9.27. The summed E-state index contributed by atoms with van der Waals surface area (Å²) in [6, 6.07) is 5.40. The largest absolute Gasteiger partial charge is 0.338 e. The molecule has 0 N–H and O–H groups in total. The average molecular weight is 324 g/mol. The van der Waals surface area contributed by atoms with Gasteiger partial charge in [0.05, 0.1) is 5.56 Å². The monoisotopic (exact) mass is 324 g/mol. The van der Waals surface area contributed by atoms with Gasteiger partial charge in [-0.2, -0.15) is 0 Å². The second-order valence-corrected chi connectivity index (χ2v) is 7.59. The van der Waals surface area contributed by atoms with Gasteiger partial charge in [0.1, 0.15) is 5.65 Å². The van der Waals surface area contributed by atoms with E-state index in [4.69, 9.17) is 0 Å². The molecule has 5 nitrogen and oxygen atoms in total. The number of carbonyl (C=O) groups excluding carboxylic acids is 1. The number of aromatic nitrogens is 2. The first-order valence-corrected chi connectivity index (χ1v) is 9.27. The second-order valence-electron chi connectivity index (χ2n) is 7.59. The first kappa shape index (κ1) is 14.5. The van der Waals surface area contributed by atoms with Crippen molar-refractivity contribution < 1.29 is 4.79 Å². The molecule has 0 spiro atoms. The number of hydrogen-bond acceptors (Lipinski definition) is 3. The van der Waals surface area contributed by atoms with Gasteiger partial charge in [0.15, 0.2) is 0 Å². The molecular weight excluding hydrogens is 300 g/mol. The molecule has 24 heavy (non-hydrogen) atoms. The van der Waals surface area contributed by atoms with Crippen molar-refractivity contribution in [1.82, 2.24) is 19.2 Å². The van der Waals surface area contributed by atoms with Gasteiger partial charge < -0.3 is 9.30 Å². The van der Waals surface area contributed by atoms with E-state index in [2.05, 4.69) is 14.8 Å². The smallest absolute Gasteiger partial charge is 0.255 e. The third-order valence-corrected chi connectivity index (χ3v) is 6.05. The molecule has 1 aliphatic carbocycles. The van der Waals surface area contributed by atoms with E-state index >= 15 is 0 Å². The van der Waals surface area contributed by atoms with Gasteiger partial charge in [-0.3, -0.25) is 9.69 Å². The molecule has 5 heteroatoms. The van der Waals surface area contributed by atoms with Gasteiger partial charge in [-0.15, -0.1) is 0 Å². The molecule has 0 aromatic carbocycles. The minimum Gasteiger partial charge on any atom is -0.338 e. The fraction of sp³-hybridized carbons (Fsp3) is 0.579. The Morgan fingerprint density at radius 2 is 2.04 bits per heavy atom. The van der Waals surface area contributed by atoms with Crippen LogP contribution in [0, 0.1) is 5.92 Å². The standard InChI is InChI=1S/C19H24N4O/c24-19(15-3-6-18-20-8-11-21(18)13-15)22-10-7-17-14(12-22)2-1-9-23(17)16-4-5-16/h3,6,8,11,13-14,16-17H,1-2,4-5,7,9-10,12H2. The molecule has 1 amide bonds. The summed E-state index contributed by atoms with van der Waals surface area (Å²) >= 11 is 0. The van der Waals surface area contributed by atoms with Crippen molar-refractivity contribution in [2.75, 3.05) is 19.6 Å². The number of rotatable bonds is 2. The lowest BCUT2D eigenvalue weighted by Crippen LogP contribution is -2.55. The molecule has 5 rings (SSSR count). The number of amides is 1. The molecular formula is C19H24N4O. The summed E-state index contributed by atoms with van der Waals surface area (Å²) in [5.74, 6) is 0.835. The highest BCUT2D eigenvalue weighted by atomic mass is 16.2. The Bertz CT molecular complexity index is 766. The molecule has 0 bridgehead atoms. The minimum absolute atomic E-state index is 0.174. The van der Waals surface area contributed by atoms with Gasteiger partial charge in [0.25, 0.3) is 5.91 Å². The first-order chi connectivity index (χ1) is 11.8. The molecule has 2 unspecified atom stereocenters. The van der Waals surface area contributed by atoms with E-state index in [0.29, 0.717) is 12.0 Å². The quantitative estimate of drug-likeness (QED) is 0.852. The van der Waals surface area contributed by atoms with Crippen molar-refractivity contribution in [2.45, 2.75) is 44.2 Å². The van der Waals surface area contributed by atoms with Crippen LogP contribution in [-0.2, 0) is 0 Å². The number of piperidine rings is 2. The lowest BCUT2D eigenvalue weighted by atomic mass is 9.83. The summed E-state index contributed by atoms with van der Waals surface area (Å²) in [6.45, 7) is 3.09. The van der Waals surface area contributed by atoms with Gasteiger partial charge in [-0.05, 0) is 56.7 Å². The molecule has 2 aromatic heterocycles. The predicted octanol–water partition coefficient (Wildman–Crippen LogP) is 2.42. The zero-order chi connectivity index (χ0) is 16.1. The van der Waals surface area contributed by atoms with Crippen molar-refractivity contribution >= 4 is 11.6 Å². The Kier molecular flexibility index (Phi) is 3.37. The highest BCUT2D eigenvalue weighted by Gasteiger charge is 2.42. The van der Waals surface area contributed by atoms with Gasteiger partial charge in [-0.1, -0.05) is 0 Å². The number of carbonyl (C=O) groups is 1. The highest BCUT2D eigenvalue weighted by molar-refractivity contribution is 5.94. The Hall–Kier alpha value is -1.88. The number of nitrogens with zero attached hydrogens (tertiary/aromatic N) is 4. The molecule has 3 fully saturated rings. The second kappa shape index (κ2) is 5.59. The third kappa shape index (κ3) is 2.42. The number of fused-ring (bicyclic) bond motifs is 2. The molecule has 0 radical (unpaired) electrons. The van der Waals surface area contributed by atoms with Crippen LogP contribution in [-0.4, -0.2) is 56.8 Å². The van der Waals surface area contributed by atoms with Crippen LogP contribution in [0.1, 0.15) is 42.5 Å². The van der Waals surface area contributed by atoms with E-state index in [-0.39, 0.29) is 5.91 Å². The summed E-state index contributed by atoms with van der Waals surface area (Å²) in [4.78, 5) is 22.0. The van der Waals surface area contributed by atoms with Gasteiger partial charge in [-0.25, -0.2) is 4.98 Å². The maximum Gasteiger partial charge on any atom is 0.255 e. The van der Waals surface area contributed by atoms with E-state index in [1.165, 1.54) is 32.2 Å². The Morgan fingerprint density at radius 3 is 2.92 bits per heavy atom. The van der Waals surface area contributed by atoms with Gasteiger partial charge in [0, 0.05) is 43.8 Å². The SMILES string of the molecule is O=C(c1ccc2nccn2c1)N1CCC2C(CCCN2C2CC2)C1. The number of likely N-dealkylation sites (tertiary alicyclic amines) is 2. The van der Waals surface area contributed by atoms with Crippen LogP contribution in [0.15, 0.2) is 30.7 Å². The summed E-state index contributed by atoms with van der Waals surface area (Å²) in [7, 11) is 0. The summed E-state index contributed by atoms with van der Waals surface area (Å²) in [5.41, 5.74) is 1.66. The van der Waals surface area contributed by atoms with Crippen LogP contribution >= 0.6 is 0 Å². The highest BCUT2D eigenvalue weighted by Crippen LogP contribution is 2.38. The van der Waals surface area contributed by atoms with E-state index in [1.54, 1.807) is 6.20 Å². The summed E-state index contributed by atoms with van der Waals surface area (Å²) in [5, 5.41) is 0. The van der Waals surface area contributed by atoms with Gasteiger partial charge in [0.2, 0.25) is 0 Å². The Balaban J connectivity index is 1.33. The van der Waals surface area contributed by atoms with Crippen molar-refractivity contribution in [3.8, 4) is 0 Å². The average Bonchev–Trinajstić information content (AvgIpc) is 3.36. The Labute approximate surface area is 142 Å². The van der Waals surface area contributed by atoms with Crippen molar-refractivity contribution in [1.29, 1.82) is 0 Å². The fourth-order valence-electron chi connectivity index (χ4n) is 4.72. The fourth-order valence-corrected chi connectivity index (χ4v) is 4.72. The maximum atomic E-state index is 12.9. The number of imidazole rings is 1. The van der Waals surface area contributed by atoms with Crippen molar-refractivity contribution in [3.05, 3.63) is 36.3 Å². The lowest BCUT2D eigenvalue weighted by Gasteiger charge is -2.47. The topological polar surface area (TPSA) is 40.9 Å². The van der Waals surface area contributed by atoms with Crippen molar-refractivity contribution in [3.63, 3.8) is 0 Å². The molecule has 126 valence electrons. The normalized spacial score (nSPS) is 28.1. The summed E-state index contributed by atoms with van der Waals surface area (Å²) in [6.07, 6.45) is 12.1. The van der Waals surface area contributed by atoms with E-state index < -0.39 is 0 Å². The van der Waals surface area contributed by atoms with E-state index in [0.717, 1.165) is 36.8 Å². The van der Waals surface area contributed by atoms with Crippen LogP contribution in [0.3, 0.4) is 0 Å². The zero-order valence-corrected chi connectivity index (χ0v) is 14.0. The van der Waals surface area contributed by atoms with Crippen LogP contribution in [0.5, 0.6) is 0 Å². The minimum atomic E-state index is 0.174. The maximum absolute atomic E-state index is 12.9. The molecule has 2 aromatic rings. The molecule has 4 heterocycles. The zero-order valence-electron chi connectivity index (χ0n) is 14.0. The van der Waals surface area contributed by atoms with E-state index in [1.807, 2.05) is 28.9 Å². The number of hydrogen-bond donors (Lipinski definition) is 0. The lowest BCUT2D eigenvalue weighted by molar-refractivity contribution is 0.0174. The predicted molar refractivity (Wildman–Crippen MR) is 92.0 cm³/mol. The molecule has 2 aliphatic heterocycles. The van der Waals surface area contributed by atoms with Crippen LogP contribution in [0.4, 0.5) is 0 Å². The van der Waals surface area contributed by atoms with Crippen molar-refractivity contribution in [2.24, 2.45) is 5.92 Å². The van der Waals surface area contributed by atoms with Gasteiger partial charge >= 0.3 is 0 Å². The Morgan fingerprint density at radius 1 is 1.12 bits per heavy atom. The summed E-state index contributed by atoms with van der Waals surface area (Å²) < 4.78 is 1.93.